The molecular weight excluding hydrogens is 426 g/mol. The zero-order valence-corrected chi connectivity index (χ0v) is 19.8. The van der Waals surface area contributed by atoms with E-state index in [9.17, 15) is 9.59 Å². The Bertz CT molecular complexity index is 999. The normalized spacial score (nSPS) is 21.2. The van der Waals surface area contributed by atoms with Gasteiger partial charge in [-0.15, -0.1) is 0 Å². The summed E-state index contributed by atoms with van der Waals surface area (Å²) in [5.74, 6) is -0.183. The van der Waals surface area contributed by atoms with Crippen LogP contribution < -0.4 is 20.9 Å². The predicted molar refractivity (Wildman–Crippen MR) is 134 cm³/mol. The number of anilines is 2. The number of pyridine rings is 1. The van der Waals surface area contributed by atoms with Gasteiger partial charge < -0.3 is 16.0 Å². The minimum atomic E-state index is -0.771. The molecule has 7 heteroatoms. The van der Waals surface area contributed by atoms with Gasteiger partial charge in [0.05, 0.1) is 6.04 Å². The summed E-state index contributed by atoms with van der Waals surface area (Å²) in [6, 6.07) is 8.97. The van der Waals surface area contributed by atoms with Gasteiger partial charge in [-0.2, -0.15) is 0 Å². The van der Waals surface area contributed by atoms with Crippen LogP contribution >= 0.6 is 0 Å². The van der Waals surface area contributed by atoms with Crippen LogP contribution in [-0.4, -0.2) is 42.0 Å². The Morgan fingerprint density at radius 3 is 2.68 bits per heavy atom. The molecular formula is C27H35N5O2. The van der Waals surface area contributed by atoms with E-state index in [0.717, 1.165) is 81.4 Å². The number of amides is 2. The number of aromatic nitrogens is 1. The van der Waals surface area contributed by atoms with Crippen LogP contribution in [-0.2, 0) is 16.0 Å². The quantitative estimate of drug-likeness (QED) is 0.611. The lowest BCUT2D eigenvalue weighted by Gasteiger charge is -2.35. The van der Waals surface area contributed by atoms with Gasteiger partial charge in [-0.25, -0.2) is 0 Å². The molecule has 7 nitrogen and oxygen atoms in total. The average molecular weight is 462 g/mol. The smallest absolute Gasteiger partial charge is 0.248 e. The van der Waals surface area contributed by atoms with Crippen LogP contribution in [0.2, 0.25) is 0 Å². The van der Waals surface area contributed by atoms with Gasteiger partial charge in [0.25, 0.3) is 0 Å². The van der Waals surface area contributed by atoms with Gasteiger partial charge in [-0.05, 0) is 68.8 Å². The van der Waals surface area contributed by atoms with E-state index in [1.165, 1.54) is 12.0 Å². The lowest BCUT2D eigenvalue weighted by molar-refractivity contribution is -0.128. The number of benzene rings is 1. The first-order valence-corrected chi connectivity index (χ1v) is 12.8. The molecule has 0 bridgehead atoms. The molecule has 1 saturated heterocycles. The van der Waals surface area contributed by atoms with Crippen molar-refractivity contribution >= 4 is 23.2 Å². The van der Waals surface area contributed by atoms with E-state index in [2.05, 4.69) is 27.0 Å². The summed E-state index contributed by atoms with van der Waals surface area (Å²) in [4.78, 5) is 33.8. The third kappa shape index (κ3) is 4.94. The minimum absolute atomic E-state index is 0.0547. The third-order valence-electron chi connectivity index (χ3n) is 7.36. The summed E-state index contributed by atoms with van der Waals surface area (Å²) in [7, 11) is 0. The lowest BCUT2D eigenvalue weighted by atomic mass is 9.94. The van der Waals surface area contributed by atoms with Crippen molar-refractivity contribution in [3.8, 4) is 0 Å². The number of carbonyl (C=O) groups excluding carboxylic acids is 2. The first kappa shape index (κ1) is 22.8. The highest BCUT2D eigenvalue weighted by Crippen LogP contribution is 2.34. The molecule has 0 radical (unpaired) electrons. The van der Waals surface area contributed by atoms with E-state index < -0.39 is 6.04 Å². The van der Waals surface area contributed by atoms with Crippen LogP contribution in [0.5, 0.6) is 0 Å². The zero-order chi connectivity index (χ0) is 23.3. The van der Waals surface area contributed by atoms with E-state index >= 15 is 0 Å². The lowest BCUT2D eigenvalue weighted by Crippen LogP contribution is -2.51. The molecule has 1 aliphatic carbocycles. The largest absolute Gasteiger partial charge is 0.385 e. The maximum absolute atomic E-state index is 14.0. The fourth-order valence-corrected chi connectivity index (χ4v) is 5.55. The Labute approximate surface area is 201 Å². The molecule has 2 aliphatic heterocycles. The van der Waals surface area contributed by atoms with Crippen molar-refractivity contribution in [2.45, 2.75) is 75.9 Å². The molecule has 0 spiro atoms. The molecule has 1 aromatic carbocycles. The summed E-state index contributed by atoms with van der Waals surface area (Å²) in [5.41, 5.74) is 3.79. The average Bonchev–Trinajstić information content (AvgIpc) is 3.43. The summed E-state index contributed by atoms with van der Waals surface area (Å²) >= 11 is 0. The van der Waals surface area contributed by atoms with E-state index in [4.69, 9.17) is 0 Å². The van der Waals surface area contributed by atoms with Crippen molar-refractivity contribution in [1.29, 1.82) is 0 Å². The van der Waals surface area contributed by atoms with Gasteiger partial charge in [0, 0.05) is 41.9 Å². The highest BCUT2D eigenvalue weighted by molar-refractivity contribution is 6.04. The monoisotopic (exact) mass is 461 g/mol. The van der Waals surface area contributed by atoms with Crippen molar-refractivity contribution in [3.05, 3.63) is 53.9 Å². The summed E-state index contributed by atoms with van der Waals surface area (Å²) in [6.07, 6.45) is 12.7. The number of carbonyl (C=O) groups is 2. The molecule has 2 atom stereocenters. The standard InChI is InChI=1S/C27H35N5O2/c33-26(31-21-9-2-1-3-10-21)25(20-8-4-14-28-18-20)32(27(34)23-11-6-16-29-23)22-13-12-19-7-5-15-30-24(19)17-22/h4,8,12-14,17-18,21,23,25,29-30H,1-3,5-7,9-11,15-16H2,(H,31,33). The Morgan fingerprint density at radius 2 is 1.91 bits per heavy atom. The van der Waals surface area contributed by atoms with Crippen LogP contribution in [0.3, 0.4) is 0 Å². The maximum atomic E-state index is 14.0. The van der Waals surface area contributed by atoms with E-state index in [1.807, 2.05) is 24.3 Å². The summed E-state index contributed by atoms with van der Waals surface area (Å²) in [5, 5.41) is 10.1. The second kappa shape index (κ2) is 10.6. The second-order valence-electron chi connectivity index (χ2n) is 9.76. The maximum Gasteiger partial charge on any atom is 0.248 e. The van der Waals surface area contributed by atoms with Crippen molar-refractivity contribution in [3.63, 3.8) is 0 Å². The summed E-state index contributed by atoms with van der Waals surface area (Å²) in [6.45, 7) is 1.74. The van der Waals surface area contributed by atoms with Crippen molar-refractivity contribution in [2.75, 3.05) is 23.3 Å². The van der Waals surface area contributed by atoms with Crippen molar-refractivity contribution in [1.82, 2.24) is 15.6 Å². The van der Waals surface area contributed by atoms with Crippen LogP contribution in [0.25, 0.3) is 0 Å². The predicted octanol–water partition coefficient (Wildman–Crippen LogP) is 3.71. The molecule has 5 rings (SSSR count). The van der Waals surface area contributed by atoms with Crippen LogP contribution in [0, 0.1) is 0 Å². The fraction of sp³-hybridized carbons (Fsp3) is 0.519. The number of fused-ring (bicyclic) bond motifs is 1. The Hall–Kier alpha value is -2.93. The Balaban J connectivity index is 1.54. The molecule has 3 heterocycles. The van der Waals surface area contributed by atoms with Gasteiger partial charge in [-0.3, -0.25) is 19.5 Å². The Kier molecular flexibility index (Phi) is 7.09. The van der Waals surface area contributed by atoms with Gasteiger partial charge in [0.15, 0.2) is 0 Å². The number of rotatable bonds is 6. The zero-order valence-electron chi connectivity index (χ0n) is 19.8. The molecule has 3 aliphatic rings. The number of nitrogens with zero attached hydrogens (tertiary/aromatic N) is 2. The van der Waals surface area contributed by atoms with Gasteiger partial charge >= 0.3 is 0 Å². The van der Waals surface area contributed by atoms with Crippen LogP contribution in [0.15, 0.2) is 42.7 Å². The first-order chi connectivity index (χ1) is 16.7. The Morgan fingerprint density at radius 1 is 1.03 bits per heavy atom. The molecule has 2 amide bonds. The molecule has 180 valence electrons. The van der Waals surface area contributed by atoms with E-state index in [0.29, 0.717) is 0 Å². The highest BCUT2D eigenvalue weighted by atomic mass is 16.2. The number of hydrogen-bond donors (Lipinski definition) is 3. The third-order valence-corrected chi connectivity index (χ3v) is 7.36. The minimum Gasteiger partial charge on any atom is -0.385 e. The molecule has 1 saturated carbocycles. The first-order valence-electron chi connectivity index (χ1n) is 12.8. The number of hydrogen-bond acceptors (Lipinski definition) is 5. The van der Waals surface area contributed by atoms with Gasteiger partial charge in [0.1, 0.15) is 6.04 Å². The molecule has 2 aromatic rings. The number of nitrogens with one attached hydrogen (secondary N) is 3. The molecule has 1 aromatic heterocycles. The van der Waals surface area contributed by atoms with Gasteiger partial charge in [0.2, 0.25) is 11.8 Å². The topological polar surface area (TPSA) is 86.4 Å². The van der Waals surface area contributed by atoms with E-state index in [1.54, 1.807) is 17.3 Å². The van der Waals surface area contributed by atoms with Crippen LogP contribution in [0.1, 0.15) is 68.5 Å². The summed E-state index contributed by atoms with van der Waals surface area (Å²) < 4.78 is 0. The molecule has 2 fully saturated rings. The second-order valence-corrected chi connectivity index (χ2v) is 9.76. The molecule has 34 heavy (non-hydrogen) atoms. The molecule has 2 unspecified atom stereocenters. The molecule has 3 N–H and O–H groups in total. The highest BCUT2D eigenvalue weighted by Gasteiger charge is 2.38. The SMILES string of the molecule is O=C(NC1CCCCC1)C(c1cccnc1)N(C(=O)C1CCCN1)c1ccc2c(c1)NCCC2. The number of aryl methyl sites for hydroxylation is 1. The van der Waals surface area contributed by atoms with Crippen LogP contribution in [0.4, 0.5) is 11.4 Å². The van der Waals surface area contributed by atoms with Crippen molar-refractivity contribution < 1.29 is 9.59 Å². The fourth-order valence-electron chi connectivity index (χ4n) is 5.55. The van der Waals surface area contributed by atoms with Gasteiger partial charge in [-0.1, -0.05) is 31.4 Å². The van der Waals surface area contributed by atoms with Crippen molar-refractivity contribution in [2.24, 2.45) is 0 Å². The van der Waals surface area contributed by atoms with E-state index in [-0.39, 0.29) is 23.9 Å².